The summed E-state index contributed by atoms with van der Waals surface area (Å²) in [5, 5.41) is 2.81. The maximum atomic E-state index is 11.6. The predicted octanol–water partition coefficient (Wildman–Crippen LogP) is 2.18. The Morgan fingerprint density at radius 2 is 2.10 bits per heavy atom. The molecule has 4 nitrogen and oxygen atoms in total. The van der Waals surface area contributed by atoms with E-state index in [1.54, 1.807) is 0 Å². The van der Waals surface area contributed by atoms with Gasteiger partial charge in [-0.15, -0.1) is 0 Å². The molecule has 20 heavy (non-hydrogen) atoms. The van der Waals surface area contributed by atoms with Crippen LogP contribution >= 0.6 is 0 Å². The number of carbonyl (C=O) groups is 1. The van der Waals surface area contributed by atoms with E-state index in [-0.39, 0.29) is 24.6 Å². The van der Waals surface area contributed by atoms with E-state index in [1.165, 1.54) is 5.56 Å². The van der Waals surface area contributed by atoms with E-state index < -0.39 is 0 Å². The SMILES string of the molecule is CCC(N)Cc1cc(C)ccc1OCC(=O)NC(C)C. The molecule has 0 aromatic heterocycles. The Hall–Kier alpha value is -1.55. The molecule has 0 fully saturated rings. The molecule has 1 rings (SSSR count). The van der Waals surface area contributed by atoms with Gasteiger partial charge in [0.1, 0.15) is 5.75 Å². The van der Waals surface area contributed by atoms with Crippen molar-refractivity contribution in [1.29, 1.82) is 0 Å². The van der Waals surface area contributed by atoms with Gasteiger partial charge in [-0.25, -0.2) is 0 Å². The quantitative estimate of drug-likeness (QED) is 0.803. The lowest BCUT2D eigenvalue weighted by molar-refractivity contribution is -0.123. The van der Waals surface area contributed by atoms with Crippen molar-refractivity contribution in [3.63, 3.8) is 0 Å². The van der Waals surface area contributed by atoms with E-state index in [0.717, 1.165) is 24.2 Å². The number of rotatable bonds is 7. The summed E-state index contributed by atoms with van der Waals surface area (Å²) in [7, 11) is 0. The highest BCUT2D eigenvalue weighted by Crippen LogP contribution is 2.21. The minimum atomic E-state index is -0.105. The Morgan fingerprint density at radius 1 is 1.40 bits per heavy atom. The van der Waals surface area contributed by atoms with Gasteiger partial charge in [0.15, 0.2) is 6.61 Å². The van der Waals surface area contributed by atoms with Crippen molar-refractivity contribution in [3.8, 4) is 5.75 Å². The van der Waals surface area contributed by atoms with Crippen molar-refractivity contribution < 1.29 is 9.53 Å². The lowest BCUT2D eigenvalue weighted by Crippen LogP contribution is -2.34. The smallest absolute Gasteiger partial charge is 0.258 e. The minimum absolute atomic E-state index is 0.0373. The second-order valence-corrected chi connectivity index (χ2v) is 5.49. The first-order chi connectivity index (χ1) is 9.42. The van der Waals surface area contributed by atoms with Crippen LogP contribution in [0.3, 0.4) is 0 Å². The molecule has 1 unspecified atom stereocenters. The van der Waals surface area contributed by atoms with Gasteiger partial charge in [-0.3, -0.25) is 4.79 Å². The molecule has 112 valence electrons. The summed E-state index contributed by atoms with van der Waals surface area (Å²) in [6, 6.07) is 6.21. The summed E-state index contributed by atoms with van der Waals surface area (Å²) in [6.45, 7) is 7.99. The molecular weight excluding hydrogens is 252 g/mol. The van der Waals surface area contributed by atoms with Gasteiger partial charge in [-0.05, 0) is 45.2 Å². The summed E-state index contributed by atoms with van der Waals surface area (Å²) in [5.74, 6) is 0.643. The summed E-state index contributed by atoms with van der Waals surface area (Å²) in [4.78, 5) is 11.6. The number of benzene rings is 1. The molecule has 0 heterocycles. The molecule has 1 aromatic carbocycles. The van der Waals surface area contributed by atoms with Crippen LogP contribution in [-0.2, 0) is 11.2 Å². The maximum absolute atomic E-state index is 11.6. The molecular formula is C16H26N2O2. The molecule has 0 aliphatic heterocycles. The van der Waals surface area contributed by atoms with Gasteiger partial charge in [0.2, 0.25) is 0 Å². The standard InChI is InChI=1S/C16H26N2O2/c1-5-14(17)9-13-8-12(4)6-7-15(13)20-10-16(19)18-11(2)3/h6-8,11,14H,5,9-10,17H2,1-4H3,(H,18,19). The van der Waals surface area contributed by atoms with Gasteiger partial charge >= 0.3 is 0 Å². The van der Waals surface area contributed by atoms with Gasteiger partial charge in [0.25, 0.3) is 5.91 Å². The molecule has 0 radical (unpaired) electrons. The molecule has 0 bridgehead atoms. The second-order valence-electron chi connectivity index (χ2n) is 5.49. The van der Waals surface area contributed by atoms with E-state index in [4.69, 9.17) is 10.5 Å². The molecule has 0 saturated heterocycles. The fraction of sp³-hybridized carbons (Fsp3) is 0.562. The number of amides is 1. The van der Waals surface area contributed by atoms with Crippen LogP contribution in [-0.4, -0.2) is 24.6 Å². The van der Waals surface area contributed by atoms with Crippen molar-refractivity contribution in [2.75, 3.05) is 6.61 Å². The number of hydrogen-bond acceptors (Lipinski definition) is 3. The molecule has 0 saturated carbocycles. The second kappa shape index (κ2) is 7.90. The molecule has 0 spiro atoms. The summed E-state index contributed by atoms with van der Waals surface area (Å²) >= 11 is 0. The molecule has 0 aliphatic carbocycles. The van der Waals surface area contributed by atoms with Gasteiger partial charge in [-0.2, -0.15) is 0 Å². The van der Waals surface area contributed by atoms with E-state index in [0.29, 0.717) is 0 Å². The van der Waals surface area contributed by atoms with Crippen LogP contribution < -0.4 is 15.8 Å². The maximum Gasteiger partial charge on any atom is 0.258 e. The van der Waals surface area contributed by atoms with E-state index in [2.05, 4.69) is 18.3 Å². The van der Waals surface area contributed by atoms with Crippen LogP contribution in [0.4, 0.5) is 0 Å². The van der Waals surface area contributed by atoms with Gasteiger partial charge in [0, 0.05) is 12.1 Å². The first-order valence-electron chi connectivity index (χ1n) is 7.19. The third-order valence-electron chi connectivity index (χ3n) is 3.03. The Morgan fingerprint density at radius 3 is 2.70 bits per heavy atom. The molecule has 3 N–H and O–H groups in total. The number of nitrogens with one attached hydrogen (secondary N) is 1. The number of aryl methyl sites for hydroxylation is 1. The lowest BCUT2D eigenvalue weighted by atomic mass is 10.0. The minimum Gasteiger partial charge on any atom is -0.483 e. The Balaban J connectivity index is 2.71. The van der Waals surface area contributed by atoms with Crippen LogP contribution in [0.1, 0.15) is 38.3 Å². The Kier molecular flexibility index (Phi) is 6.52. The van der Waals surface area contributed by atoms with Crippen LogP contribution in [0.5, 0.6) is 5.75 Å². The highest BCUT2D eigenvalue weighted by Gasteiger charge is 2.10. The van der Waals surface area contributed by atoms with Crippen molar-refractivity contribution in [2.24, 2.45) is 5.73 Å². The van der Waals surface area contributed by atoms with Crippen molar-refractivity contribution in [1.82, 2.24) is 5.32 Å². The van der Waals surface area contributed by atoms with Gasteiger partial charge in [-0.1, -0.05) is 24.6 Å². The zero-order valence-corrected chi connectivity index (χ0v) is 12.9. The average molecular weight is 278 g/mol. The normalized spacial score (nSPS) is 12.3. The first-order valence-corrected chi connectivity index (χ1v) is 7.19. The van der Waals surface area contributed by atoms with E-state index in [1.807, 2.05) is 32.9 Å². The first kappa shape index (κ1) is 16.5. The number of nitrogens with two attached hydrogens (primary N) is 1. The highest BCUT2D eigenvalue weighted by molar-refractivity contribution is 5.77. The van der Waals surface area contributed by atoms with E-state index in [9.17, 15) is 4.79 Å². The highest BCUT2D eigenvalue weighted by atomic mass is 16.5. The molecule has 4 heteroatoms. The molecule has 1 amide bonds. The largest absolute Gasteiger partial charge is 0.483 e. The topological polar surface area (TPSA) is 64.3 Å². The molecule has 1 aromatic rings. The average Bonchev–Trinajstić information content (AvgIpc) is 2.36. The number of ether oxygens (including phenoxy) is 1. The summed E-state index contributed by atoms with van der Waals surface area (Å²) in [6.07, 6.45) is 1.68. The fourth-order valence-electron chi connectivity index (χ4n) is 1.94. The van der Waals surface area contributed by atoms with Gasteiger partial charge in [0.05, 0.1) is 0 Å². The lowest BCUT2D eigenvalue weighted by Gasteiger charge is -2.15. The monoisotopic (exact) mass is 278 g/mol. The summed E-state index contributed by atoms with van der Waals surface area (Å²) in [5.41, 5.74) is 8.25. The zero-order chi connectivity index (χ0) is 15.1. The van der Waals surface area contributed by atoms with Crippen molar-refractivity contribution >= 4 is 5.91 Å². The van der Waals surface area contributed by atoms with E-state index >= 15 is 0 Å². The Bertz CT molecular complexity index is 444. The fourth-order valence-corrected chi connectivity index (χ4v) is 1.94. The van der Waals surface area contributed by atoms with Crippen LogP contribution in [0.15, 0.2) is 18.2 Å². The van der Waals surface area contributed by atoms with Crippen LogP contribution in [0.25, 0.3) is 0 Å². The van der Waals surface area contributed by atoms with Gasteiger partial charge < -0.3 is 15.8 Å². The molecule has 0 aliphatic rings. The third kappa shape index (κ3) is 5.61. The van der Waals surface area contributed by atoms with Crippen LogP contribution in [0, 0.1) is 6.92 Å². The predicted molar refractivity (Wildman–Crippen MR) is 81.9 cm³/mol. The Labute approximate surface area is 121 Å². The number of carbonyl (C=O) groups excluding carboxylic acids is 1. The third-order valence-corrected chi connectivity index (χ3v) is 3.03. The van der Waals surface area contributed by atoms with Crippen molar-refractivity contribution in [3.05, 3.63) is 29.3 Å². The van der Waals surface area contributed by atoms with Crippen LogP contribution in [0.2, 0.25) is 0 Å². The number of hydrogen-bond donors (Lipinski definition) is 2. The zero-order valence-electron chi connectivity index (χ0n) is 12.9. The molecule has 1 atom stereocenters. The van der Waals surface area contributed by atoms with Crippen molar-refractivity contribution in [2.45, 2.75) is 52.6 Å². The summed E-state index contributed by atoms with van der Waals surface area (Å²) < 4.78 is 5.63.